The average Bonchev–Trinajstić information content (AvgIpc) is 3.33. The molecule has 6 nitrogen and oxygen atoms in total. The first-order valence-electron chi connectivity index (χ1n) is 11.6. The summed E-state index contributed by atoms with van der Waals surface area (Å²) < 4.78 is 0. The number of imide groups is 1. The molecule has 2 amide bonds. The van der Waals surface area contributed by atoms with Gasteiger partial charge in [-0.25, -0.2) is 0 Å². The first-order chi connectivity index (χ1) is 16.9. The van der Waals surface area contributed by atoms with Crippen molar-refractivity contribution in [1.82, 2.24) is 10.2 Å². The molecule has 0 radical (unpaired) electrons. The van der Waals surface area contributed by atoms with Crippen molar-refractivity contribution < 1.29 is 19.5 Å². The Bertz CT molecular complexity index is 1290. The van der Waals surface area contributed by atoms with Crippen LogP contribution in [0.25, 0.3) is 12.2 Å². The summed E-state index contributed by atoms with van der Waals surface area (Å²) in [4.78, 5) is 40.3. The number of rotatable bonds is 6. The zero-order valence-corrected chi connectivity index (χ0v) is 19.3. The molecule has 5 rings (SSSR count). The lowest BCUT2D eigenvalue weighted by molar-refractivity contribution is -0.150. The number of nitrogens with zero attached hydrogens (tertiary/aromatic N) is 1. The number of hydrogen-bond acceptors (Lipinski definition) is 4. The van der Waals surface area contributed by atoms with E-state index in [0.717, 1.165) is 22.3 Å². The van der Waals surface area contributed by atoms with Crippen LogP contribution in [-0.2, 0) is 20.9 Å². The Hall–Kier alpha value is -4.03. The summed E-state index contributed by atoms with van der Waals surface area (Å²) in [6.45, 7) is 1.64. The minimum Gasteiger partial charge on any atom is -0.480 e. The number of aliphatic carboxylic acids is 1. The zero-order valence-electron chi connectivity index (χ0n) is 19.3. The number of fused-ring (bicyclic) bond motifs is 1. The van der Waals surface area contributed by atoms with E-state index >= 15 is 0 Å². The van der Waals surface area contributed by atoms with Crippen molar-refractivity contribution in [3.05, 3.63) is 107 Å². The second kappa shape index (κ2) is 8.96. The van der Waals surface area contributed by atoms with Gasteiger partial charge in [0.15, 0.2) is 0 Å². The third-order valence-corrected chi connectivity index (χ3v) is 7.07. The summed E-state index contributed by atoms with van der Waals surface area (Å²) in [5, 5.41) is 13.2. The van der Waals surface area contributed by atoms with Gasteiger partial charge in [-0.2, -0.15) is 0 Å². The fourth-order valence-corrected chi connectivity index (χ4v) is 5.17. The van der Waals surface area contributed by atoms with Crippen LogP contribution in [0.5, 0.6) is 0 Å². The molecule has 3 aromatic rings. The molecule has 2 N–H and O–H groups in total. The Balaban J connectivity index is 1.43. The van der Waals surface area contributed by atoms with Crippen LogP contribution in [0, 0.1) is 11.8 Å². The molecule has 0 aliphatic carbocycles. The minimum absolute atomic E-state index is 0.136. The highest BCUT2D eigenvalue weighted by molar-refractivity contribution is 6.09. The highest BCUT2D eigenvalue weighted by Gasteiger charge is 2.66. The van der Waals surface area contributed by atoms with Crippen LogP contribution in [0.15, 0.2) is 84.9 Å². The number of benzene rings is 3. The van der Waals surface area contributed by atoms with Crippen molar-refractivity contribution in [3.8, 4) is 0 Å². The summed E-state index contributed by atoms with van der Waals surface area (Å²) in [6.07, 6.45) is 4.01. The Labute approximate surface area is 203 Å². The van der Waals surface area contributed by atoms with Gasteiger partial charge < -0.3 is 5.11 Å². The molecule has 0 aromatic heterocycles. The van der Waals surface area contributed by atoms with Gasteiger partial charge in [-0.15, -0.1) is 0 Å². The second-order valence-electron chi connectivity index (χ2n) is 9.29. The third-order valence-electron chi connectivity index (χ3n) is 7.07. The molecule has 0 saturated carbocycles. The van der Waals surface area contributed by atoms with Gasteiger partial charge >= 0.3 is 5.97 Å². The van der Waals surface area contributed by atoms with Gasteiger partial charge in [-0.1, -0.05) is 97.1 Å². The number of nitrogens with one attached hydrogen (secondary N) is 1. The molecule has 0 spiro atoms. The monoisotopic (exact) mass is 466 g/mol. The lowest BCUT2D eigenvalue weighted by atomic mass is 9.80. The number of carbonyl (C=O) groups excluding carboxylic acids is 2. The van der Waals surface area contributed by atoms with E-state index in [2.05, 4.69) is 5.32 Å². The number of carboxylic acids is 1. The standard InChI is InChI=1S/C29H26N2O4/c1-29(28(34)35)24-23(26(32)31(27(24)33)18-21-10-6-3-7-11-21)25(30-29)22-16-14-20(15-17-22)13-12-19-8-4-2-5-9-19/h2-17,23-25,30H,18H2,1H3,(H,34,35)/b13-12+. The maximum Gasteiger partial charge on any atom is 0.324 e. The maximum atomic E-state index is 13.5. The van der Waals surface area contributed by atoms with E-state index in [9.17, 15) is 19.5 Å². The molecule has 176 valence electrons. The molecule has 6 heteroatoms. The number of carboxylic acid groups (broad SMARTS) is 1. The fraction of sp³-hybridized carbons (Fsp3) is 0.207. The molecule has 4 atom stereocenters. The van der Waals surface area contributed by atoms with Crippen LogP contribution in [0.2, 0.25) is 0 Å². The molecule has 2 aliphatic rings. The first kappa shape index (κ1) is 22.7. The average molecular weight is 467 g/mol. The minimum atomic E-state index is -1.54. The van der Waals surface area contributed by atoms with Crippen molar-refractivity contribution in [2.24, 2.45) is 11.8 Å². The van der Waals surface area contributed by atoms with Gasteiger partial charge in [0.1, 0.15) is 5.54 Å². The van der Waals surface area contributed by atoms with Crippen molar-refractivity contribution >= 4 is 29.9 Å². The van der Waals surface area contributed by atoms with E-state index in [4.69, 9.17) is 0 Å². The Morgan fingerprint density at radius 2 is 1.46 bits per heavy atom. The van der Waals surface area contributed by atoms with E-state index in [1.165, 1.54) is 11.8 Å². The van der Waals surface area contributed by atoms with Gasteiger partial charge in [0.05, 0.1) is 18.4 Å². The highest BCUT2D eigenvalue weighted by atomic mass is 16.4. The summed E-state index contributed by atoms with van der Waals surface area (Å²) in [7, 11) is 0. The maximum absolute atomic E-state index is 13.5. The predicted molar refractivity (Wildman–Crippen MR) is 133 cm³/mol. The Morgan fingerprint density at radius 1 is 0.886 bits per heavy atom. The smallest absolute Gasteiger partial charge is 0.324 e. The Kier molecular flexibility index (Phi) is 5.83. The quantitative estimate of drug-likeness (QED) is 0.421. The number of likely N-dealkylation sites (tertiary alicyclic amines) is 1. The van der Waals surface area contributed by atoms with Gasteiger partial charge in [0, 0.05) is 6.04 Å². The van der Waals surface area contributed by atoms with Gasteiger partial charge in [-0.3, -0.25) is 24.6 Å². The van der Waals surface area contributed by atoms with E-state index in [-0.39, 0.29) is 12.5 Å². The van der Waals surface area contributed by atoms with Crippen molar-refractivity contribution in [2.45, 2.75) is 25.0 Å². The van der Waals surface area contributed by atoms with E-state index < -0.39 is 35.3 Å². The van der Waals surface area contributed by atoms with Gasteiger partial charge in [-0.05, 0) is 29.2 Å². The topological polar surface area (TPSA) is 86.7 Å². The molecular weight excluding hydrogens is 440 g/mol. The molecule has 35 heavy (non-hydrogen) atoms. The van der Waals surface area contributed by atoms with Crippen molar-refractivity contribution in [3.63, 3.8) is 0 Å². The van der Waals surface area contributed by atoms with Crippen LogP contribution in [-0.4, -0.2) is 33.3 Å². The van der Waals surface area contributed by atoms with E-state index in [1.807, 2.05) is 97.1 Å². The molecular formula is C29H26N2O4. The Morgan fingerprint density at radius 3 is 2.06 bits per heavy atom. The number of hydrogen-bond donors (Lipinski definition) is 2. The molecule has 3 aromatic carbocycles. The third kappa shape index (κ3) is 4.06. The van der Waals surface area contributed by atoms with E-state index in [1.54, 1.807) is 0 Å². The van der Waals surface area contributed by atoms with Crippen LogP contribution in [0.4, 0.5) is 0 Å². The van der Waals surface area contributed by atoms with Crippen molar-refractivity contribution in [1.29, 1.82) is 0 Å². The number of amides is 2. The van der Waals surface area contributed by atoms with Crippen LogP contribution < -0.4 is 5.32 Å². The first-order valence-corrected chi connectivity index (χ1v) is 11.6. The summed E-state index contributed by atoms with van der Waals surface area (Å²) in [5.74, 6) is -3.66. The largest absolute Gasteiger partial charge is 0.480 e. The number of carbonyl (C=O) groups is 3. The lowest BCUT2D eigenvalue weighted by Crippen LogP contribution is -2.53. The summed E-state index contributed by atoms with van der Waals surface area (Å²) in [5.41, 5.74) is 2.13. The second-order valence-corrected chi connectivity index (χ2v) is 9.29. The van der Waals surface area contributed by atoms with Crippen LogP contribution in [0.3, 0.4) is 0 Å². The van der Waals surface area contributed by atoms with Crippen molar-refractivity contribution in [2.75, 3.05) is 0 Å². The molecule has 2 aliphatic heterocycles. The predicted octanol–water partition coefficient (Wildman–Crippen LogP) is 4.15. The van der Waals surface area contributed by atoms with Crippen LogP contribution in [0.1, 0.15) is 35.2 Å². The van der Waals surface area contributed by atoms with Crippen LogP contribution >= 0.6 is 0 Å². The van der Waals surface area contributed by atoms with Gasteiger partial charge in [0.25, 0.3) is 0 Å². The molecule has 4 unspecified atom stereocenters. The molecule has 2 fully saturated rings. The van der Waals surface area contributed by atoms with E-state index in [0.29, 0.717) is 0 Å². The summed E-state index contributed by atoms with van der Waals surface area (Å²) >= 11 is 0. The normalized spacial score (nSPS) is 25.9. The zero-order chi connectivity index (χ0) is 24.6. The fourth-order valence-electron chi connectivity index (χ4n) is 5.17. The summed E-state index contributed by atoms with van der Waals surface area (Å²) in [6, 6.07) is 26.3. The van der Waals surface area contributed by atoms with Gasteiger partial charge in [0.2, 0.25) is 11.8 Å². The molecule has 2 heterocycles. The molecule has 0 bridgehead atoms. The molecule has 2 saturated heterocycles. The lowest BCUT2D eigenvalue weighted by Gasteiger charge is -2.27. The SMILES string of the molecule is CC1(C(=O)O)NC(c2ccc(/C=C/c3ccccc3)cc2)C2C(=O)N(Cc3ccccc3)C(=O)C21. The highest BCUT2D eigenvalue weighted by Crippen LogP contribution is 2.49.